The van der Waals surface area contributed by atoms with E-state index in [9.17, 15) is 4.79 Å². The molecule has 0 spiro atoms. The molecule has 1 aliphatic carbocycles. The number of Topliss-reactive ketones (excluding diaryl/α,β-unsaturated/α-hetero) is 1. The molecule has 0 unspecified atom stereocenters. The van der Waals surface area contributed by atoms with E-state index in [0.717, 1.165) is 26.9 Å². The molecule has 2 nitrogen and oxygen atoms in total. The third-order valence-corrected chi connectivity index (χ3v) is 5.17. The summed E-state index contributed by atoms with van der Waals surface area (Å²) in [4.78, 5) is 12.7. The molecule has 3 heteroatoms. The van der Waals surface area contributed by atoms with E-state index in [1.54, 1.807) is 7.11 Å². The molecule has 0 saturated heterocycles. The van der Waals surface area contributed by atoms with Crippen LogP contribution >= 0.6 is 15.9 Å². The Morgan fingerprint density at radius 3 is 2.55 bits per heavy atom. The van der Waals surface area contributed by atoms with Crippen LogP contribution in [-0.2, 0) is 0 Å². The van der Waals surface area contributed by atoms with Gasteiger partial charge in [0.25, 0.3) is 0 Å². The Kier molecular flexibility index (Phi) is 5.25. The average Bonchev–Trinajstić information content (AvgIpc) is 2.43. The van der Waals surface area contributed by atoms with Crippen LogP contribution in [0.3, 0.4) is 0 Å². The van der Waals surface area contributed by atoms with Crippen molar-refractivity contribution in [2.45, 2.75) is 52.4 Å². The minimum Gasteiger partial charge on any atom is -0.496 e. The number of ketones is 1. The van der Waals surface area contributed by atoms with Gasteiger partial charge in [-0.25, -0.2) is 0 Å². The van der Waals surface area contributed by atoms with Crippen molar-refractivity contribution < 1.29 is 9.53 Å². The zero-order chi connectivity index (χ0) is 14.7. The molecule has 0 amide bonds. The van der Waals surface area contributed by atoms with Gasteiger partial charge in [0.1, 0.15) is 5.75 Å². The van der Waals surface area contributed by atoms with Gasteiger partial charge in [-0.15, -0.1) is 0 Å². The van der Waals surface area contributed by atoms with Crippen molar-refractivity contribution >= 4 is 21.7 Å². The molecule has 1 aromatic rings. The molecule has 0 N–H and O–H groups in total. The summed E-state index contributed by atoms with van der Waals surface area (Å²) in [7, 11) is 1.65. The van der Waals surface area contributed by atoms with E-state index in [2.05, 4.69) is 15.9 Å². The van der Waals surface area contributed by atoms with Crippen LogP contribution in [0.2, 0.25) is 0 Å². The minimum atomic E-state index is 0.232. The van der Waals surface area contributed by atoms with E-state index < -0.39 is 0 Å². The van der Waals surface area contributed by atoms with Crippen LogP contribution in [0.5, 0.6) is 5.75 Å². The monoisotopic (exact) mass is 338 g/mol. The fourth-order valence-corrected chi connectivity index (χ4v) is 3.75. The number of halogens is 1. The van der Waals surface area contributed by atoms with Crippen LogP contribution in [0.1, 0.15) is 60.0 Å². The first-order valence-corrected chi connectivity index (χ1v) is 8.20. The summed E-state index contributed by atoms with van der Waals surface area (Å²) in [5.41, 5.74) is 2.77. The molecule has 2 rings (SSSR count). The molecule has 0 radical (unpaired) electrons. The van der Waals surface area contributed by atoms with E-state index in [0.29, 0.717) is 12.3 Å². The van der Waals surface area contributed by atoms with Crippen molar-refractivity contribution in [2.24, 2.45) is 5.92 Å². The van der Waals surface area contributed by atoms with Gasteiger partial charge in [0, 0.05) is 10.9 Å². The number of rotatable bonds is 4. The van der Waals surface area contributed by atoms with Crippen LogP contribution < -0.4 is 4.74 Å². The zero-order valence-corrected chi connectivity index (χ0v) is 14.2. The van der Waals surface area contributed by atoms with E-state index in [-0.39, 0.29) is 5.78 Å². The van der Waals surface area contributed by atoms with E-state index >= 15 is 0 Å². The highest BCUT2D eigenvalue weighted by Crippen LogP contribution is 2.35. The van der Waals surface area contributed by atoms with Crippen molar-refractivity contribution in [3.05, 3.63) is 27.2 Å². The van der Waals surface area contributed by atoms with Gasteiger partial charge in [-0.2, -0.15) is 0 Å². The summed E-state index contributed by atoms with van der Waals surface area (Å²) in [6.45, 7) is 3.97. The standard InChI is InChI=1S/C17H23BrO2/c1-11-9-14(18)12(2)16(17(11)20-3)15(19)10-13-7-5-4-6-8-13/h9,13H,4-8,10H2,1-3H3. The molecule has 1 fully saturated rings. The van der Waals surface area contributed by atoms with Crippen LogP contribution in [0, 0.1) is 19.8 Å². The molecule has 0 atom stereocenters. The van der Waals surface area contributed by atoms with E-state index in [4.69, 9.17) is 4.74 Å². The number of benzene rings is 1. The smallest absolute Gasteiger partial charge is 0.167 e. The summed E-state index contributed by atoms with van der Waals surface area (Å²) in [6.07, 6.45) is 6.91. The molecular weight excluding hydrogens is 316 g/mol. The first-order chi connectivity index (χ1) is 9.54. The second-order valence-electron chi connectivity index (χ2n) is 5.84. The number of hydrogen-bond acceptors (Lipinski definition) is 2. The summed E-state index contributed by atoms with van der Waals surface area (Å²) >= 11 is 3.55. The average molecular weight is 339 g/mol. The van der Waals surface area contributed by atoms with Crippen LogP contribution in [-0.4, -0.2) is 12.9 Å². The topological polar surface area (TPSA) is 26.3 Å². The number of methoxy groups -OCH3 is 1. The minimum absolute atomic E-state index is 0.232. The summed E-state index contributed by atoms with van der Waals surface area (Å²) in [5.74, 6) is 1.53. The lowest BCUT2D eigenvalue weighted by molar-refractivity contribution is 0.0946. The Bertz CT molecular complexity index is 502. The maximum atomic E-state index is 12.7. The maximum absolute atomic E-state index is 12.7. The molecule has 0 aromatic heterocycles. The van der Waals surface area contributed by atoms with Crippen LogP contribution in [0.25, 0.3) is 0 Å². The summed E-state index contributed by atoms with van der Waals surface area (Å²) < 4.78 is 6.47. The maximum Gasteiger partial charge on any atom is 0.167 e. The second kappa shape index (κ2) is 6.75. The SMILES string of the molecule is COc1c(C)cc(Br)c(C)c1C(=O)CC1CCCCC1. The van der Waals surface area contributed by atoms with Crippen molar-refractivity contribution in [2.75, 3.05) is 7.11 Å². The highest BCUT2D eigenvalue weighted by atomic mass is 79.9. The molecular formula is C17H23BrO2. The molecule has 20 heavy (non-hydrogen) atoms. The third kappa shape index (κ3) is 3.25. The van der Waals surface area contributed by atoms with Gasteiger partial charge < -0.3 is 4.74 Å². The van der Waals surface area contributed by atoms with E-state index in [1.165, 1.54) is 32.1 Å². The van der Waals surface area contributed by atoms with Crippen molar-refractivity contribution in [3.63, 3.8) is 0 Å². The number of aryl methyl sites for hydroxylation is 1. The molecule has 0 heterocycles. The third-order valence-electron chi connectivity index (χ3n) is 4.34. The number of carbonyl (C=O) groups is 1. The molecule has 0 bridgehead atoms. The Morgan fingerprint density at radius 1 is 1.30 bits per heavy atom. The number of ether oxygens (including phenoxy) is 1. The van der Waals surface area contributed by atoms with Crippen molar-refractivity contribution in [3.8, 4) is 5.75 Å². The lowest BCUT2D eigenvalue weighted by atomic mass is 9.84. The van der Waals surface area contributed by atoms with Crippen LogP contribution in [0.4, 0.5) is 0 Å². The quantitative estimate of drug-likeness (QED) is 0.702. The molecule has 1 aliphatic rings. The Balaban J connectivity index is 2.28. The zero-order valence-electron chi connectivity index (χ0n) is 12.6. The lowest BCUT2D eigenvalue weighted by Gasteiger charge is -2.22. The predicted molar refractivity (Wildman–Crippen MR) is 85.7 cm³/mol. The van der Waals surface area contributed by atoms with Gasteiger partial charge in [0.15, 0.2) is 5.78 Å². The summed E-state index contributed by atoms with van der Waals surface area (Å²) in [6, 6.07) is 2.02. The van der Waals surface area contributed by atoms with Crippen molar-refractivity contribution in [1.82, 2.24) is 0 Å². The summed E-state index contributed by atoms with van der Waals surface area (Å²) in [5, 5.41) is 0. The first kappa shape index (κ1) is 15.6. The van der Waals surface area contributed by atoms with Gasteiger partial charge >= 0.3 is 0 Å². The number of carbonyl (C=O) groups excluding carboxylic acids is 1. The molecule has 110 valence electrons. The van der Waals surface area contributed by atoms with Crippen LogP contribution in [0.15, 0.2) is 10.5 Å². The largest absolute Gasteiger partial charge is 0.496 e. The highest BCUT2D eigenvalue weighted by Gasteiger charge is 2.23. The molecule has 1 aromatic carbocycles. The lowest BCUT2D eigenvalue weighted by Crippen LogP contribution is -2.14. The van der Waals surface area contributed by atoms with Gasteiger partial charge in [0.05, 0.1) is 12.7 Å². The normalized spacial score (nSPS) is 16.2. The fraction of sp³-hybridized carbons (Fsp3) is 0.588. The first-order valence-electron chi connectivity index (χ1n) is 7.41. The van der Waals surface area contributed by atoms with Gasteiger partial charge in [-0.3, -0.25) is 4.79 Å². The van der Waals surface area contributed by atoms with E-state index in [1.807, 2.05) is 19.9 Å². The Labute approximate surface area is 130 Å². The second-order valence-corrected chi connectivity index (χ2v) is 6.69. The van der Waals surface area contributed by atoms with Gasteiger partial charge in [-0.1, -0.05) is 48.0 Å². The molecule has 0 aliphatic heterocycles. The van der Waals surface area contributed by atoms with Gasteiger partial charge in [0.2, 0.25) is 0 Å². The number of hydrogen-bond donors (Lipinski definition) is 0. The fourth-order valence-electron chi connectivity index (χ4n) is 3.21. The Hall–Kier alpha value is -0.830. The predicted octanol–water partition coefficient (Wildman–Crippen LogP) is 5.23. The van der Waals surface area contributed by atoms with Gasteiger partial charge in [-0.05, 0) is 37.0 Å². The highest BCUT2D eigenvalue weighted by molar-refractivity contribution is 9.10. The Morgan fingerprint density at radius 2 is 1.95 bits per heavy atom. The molecule has 1 saturated carbocycles. The van der Waals surface area contributed by atoms with Crippen molar-refractivity contribution in [1.29, 1.82) is 0 Å².